The Hall–Kier alpha value is -1.24. The SMILES string of the molecule is CCCCCCC(CC)CC(CCCN=C=O)N=C=O. The molecular formula is C16H28N2O2. The lowest BCUT2D eigenvalue weighted by Gasteiger charge is -2.18. The fraction of sp³-hybridized carbons (Fsp3) is 0.875. The first-order chi connectivity index (χ1) is 9.78. The van der Waals surface area contributed by atoms with Gasteiger partial charge in [0.15, 0.2) is 0 Å². The van der Waals surface area contributed by atoms with Crippen molar-refractivity contribution in [1.29, 1.82) is 0 Å². The largest absolute Gasteiger partial charge is 0.235 e. The van der Waals surface area contributed by atoms with Gasteiger partial charge in [0.1, 0.15) is 0 Å². The normalized spacial score (nSPS) is 13.1. The van der Waals surface area contributed by atoms with Gasteiger partial charge in [0, 0.05) is 0 Å². The first-order valence-electron chi connectivity index (χ1n) is 7.89. The predicted octanol–water partition coefficient (Wildman–Crippen LogP) is 4.19. The van der Waals surface area contributed by atoms with E-state index in [1.807, 2.05) is 0 Å². The standard InChI is InChI=1S/C16H28N2O2/c1-3-5-6-7-9-15(4-2)12-16(18-14-20)10-8-11-17-13-19/h15-16H,3-12H2,1-2H3. The minimum absolute atomic E-state index is 0.0328. The minimum Gasteiger partial charge on any atom is -0.211 e. The van der Waals surface area contributed by atoms with Crippen LogP contribution >= 0.6 is 0 Å². The van der Waals surface area contributed by atoms with Gasteiger partial charge < -0.3 is 0 Å². The molecule has 2 atom stereocenters. The molecule has 0 aromatic rings. The van der Waals surface area contributed by atoms with E-state index in [1.54, 1.807) is 6.08 Å². The van der Waals surface area contributed by atoms with Crippen LogP contribution < -0.4 is 0 Å². The summed E-state index contributed by atoms with van der Waals surface area (Å²) in [7, 11) is 0. The summed E-state index contributed by atoms with van der Waals surface area (Å²) in [5.41, 5.74) is 0. The average molecular weight is 280 g/mol. The van der Waals surface area contributed by atoms with E-state index in [0.29, 0.717) is 12.5 Å². The lowest BCUT2D eigenvalue weighted by Crippen LogP contribution is -2.12. The third-order valence-corrected chi connectivity index (χ3v) is 3.76. The zero-order valence-electron chi connectivity index (χ0n) is 12.9. The van der Waals surface area contributed by atoms with E-state index >= 15 is 0 Å². The maximum atomic E-state index is 10.5. The molecule has 0 saturated heterocycles. The van der Waals surface area contributed by atoms with Crippen molar-refractivity contribution in [2.24, 2.45) is 15.9 Å². The third-order valence-electron chi connectivity index (χ3n) is 3.76. The summed E-state index contributed by atoms with van der Waals surface area (Å²) in [5, 5.41) is 0. The van der Waals surface area contributed by atoms with Crippen molar-refractivity contribution < 1.29 is 9.59 Å². The van der Waals surface area contributed by atoms with Gasteiger partial charge in [-0.25, -0.2) is 19.6 Å². The summed E-state index contributed by atoms with van der Waals surface area (Å²) in [6, 6.07) is 0.0328. The second kappa shape index (κ2) is 14.2. The molecule has 2 unspecified atom stereocenters. The highest BCUT2D eigenvalue weighted by atomic mass is 16.1. The Morgan fingerprint density at radius 3 is 2.35 bits per heavy atom. The van der Waals surface area contributed by atoms with Gasteiger partial charge in [0.2, 0.25) is 12.2 Å². The molecule has 0 rings (SSSR count). The number of rotatable bonds is 13. The molecule has 0 heterocycles. The van der Waals surface area contributed by atoms with E-state index in [4.69, 9.17) is 0 Å². The average Bonchev–Trinajstić information content (AvgIpc) is 2.46. The fourth-order valence-corrected chi connectivity index (χ4v) is 2.49. The maximum Gasteiger partial charge on any atom is 0.235 e. The molecule has 0 bridgehead atoms. The summed E-state index contributed by atoms with van der Waals surface area (Å²) in [4.78, 5) is 27.9. The Balaban J connectivity index is 4.09. The van der Waals surface area contributed by atoms with Gasteiger partial charge >= 0.3 is 0 Å². The van der Waals surface area contributed by atoms with Crippen LogP contribution in [0, 0.1) is 5.92 Å². The van der Waals surface area contributed by atoms with Crippen molar-refractivity contribution >= 4 is 12.2 Å². The molecule has 4 heteroatoms. The Kier molecular flexibility index (Phi) is 13.3. The topological polar surface area (TPSA) is 58.9 Å². The molecule has 0 amide bonds. The molecule has 0 saturated carbocycles. The summed E-state index contributed by atoms with van der Waals surface area (Å²) in [6.07, 6.45) is 13.2. The van der Waals surface area contributed by atoms with Crippen molar-refractivity contribution in [3.63, 3.8) is 0 Å². The predicted molar refractivity (Wildman–Crippen MR) is 81.3 cm³/mol. The number of nitrogens with zero attached hydrogens (tertiary/aromatic N) is 2. The van der Waals surface area contributed by atoms with Crippen molar-refractivity contribution in [3.8, 4) is 0 Å². The van der Waals surface area contributed by atoms with Crippen molar-refractivity contribution in [2.75, 3.05) is 6.54 Å². The van der Waals surface area contributed by atoms with Crippen LogP contribution in [0.2, 0.25) is 0 Å². The number of hydrogen-bond donors (Lipinski definition) is 0. The zero-order valence-corrected chi connectivity index (χ0v) is 12.9. The lowest BCUT2D eigenvalue weighted by molar-refractivity contribution is 0.368. The smallest absolute Gasteiger partial charge is 0.211 e. The van der Waals surface area contributed by atoms with E-state index in [1.165, 1.54) is 38.2 Å². The third kappa shape index (κ3) is 10.7. The van der Waals surface area contributed by atoms with Gasteiger partial charge in [-0.3, -0.25) is 0 Å². The quantitative estimate of drug-likeness (QED) is 0.288. The first-order valence-corrected chi connectivity index (χ1v) is 7.89. The van der Waals surface area contributed by atoms with Crippen LogP contribution in [0.1, 0.15) is 71.6 Å². The van der Waals surface area contributed by atoms with Gasteiger partial charge in [-0.05, 0) is 25.2 Å². The number of carbonyl (C=O) groups excluding carboxylic acids is 2. The number of aliphatic imine (C=N–C) groups is 2. The van der Waals surface area contributed by atoms with Crippen LogP contribution in [0.25, 0.3) is 0 Å². The summed E-state index contributed by atoms with van der Waals surface area (Å²) in [6.45, 7) is 4.89. The van der Waals surface area contributed by atoms with Gasteiger partial charge in [-0.2, -0.15) is 0 Å². The van der Waals surface area contributed by atoms with E-state index < -0.39 is 0 Å². The molecular weight excluding hydrogens is 252 g/mol. The summed E-state index contributed by atoms with van der Waals surface area (Å²) in [5.74, 6) is 0.628. The molecule has 0 N–H and O–H groups in total. The molecule has 20 heavy (non-hydrogen) atoms. The summed E-state index contributed by atoms with van der Waals surface area (Å²) >= 11 is 0. The highest BCUT2D eigenvalue weighted by Crippen LogP contribution is 2.22. The lowest BCUT2D eigenvalue weighted by atomic mass is 9.90. The second-order valence-corrected chi connectivity index (χ2v) is 5.35. The molecule has 0 aliphatic rings. The van der Waals surface area contributed by atoms with E-state index in [2.05, 4.69) is 23.8 Å². The molecule has 0 aromatic carbocycles. The molecule has 0 aliphatic carbocycles. The van der Waals surface area contributed by atoms with Gasteiger partial charge in [0.25, 0.3) is 0 Å². The molecule has 114 valence electrons. The zero-order chi connectivity index (χ0) is 15.1. The van der Waals surface area contributed by atoms with Crippen LogP contribution in [0.4, 0.5) is 0 Å². The Labute approximate surface area is 122 Å². The van der Waals surface area contributed by atoms with Crippen LogP contribution in [-0.4, -0.2) is 24.7 Å². The van der Waals surface area contributed by atoms with Crippen molar-refractivity contribution in [2.45, 2.75) is 77.7 Å². The summed E-state index contributed by atoms with van der Waals surface area (Å²) < 4.78 is 0. The van der Waals surface area contributed by atoms with Gasteiger partial charge in [0.05, 0.1) is 12.6 Å². The monoisotopic (exact) mass is 280 g/mol. The van der Waals surface area contributed by atoms with Crippen LogP contribution in [0.5, 0.6) is 0 Å². The Bertz CT molecular complexity index is 318. The van der Waals surface area contributed by atoms with Gasteiger partial charge in [-0.15, -0.1) is 0 Å². The van der Waals surface area contributed by atoms with E-state index in [-0.39, 0.29) is 6.04 Å². The van der Waals surface area contributed by atoms with Crippen LogP contribution in [-0.2, 0) is 9.59 Å². The maximum absolute atomic E-state index is 10.5. The minimum atomic E-state index is 0.0328. The van der Waals surface area contributed by atoms with Gasteiger partial charge in [-0.1, -0.05) is 52.4 Å². The van der Waals surface area contributed by atoms with Crippen molar-refractivity contribution in [1.82, 2.24) is 0 Å². The molecule has 0 aromatic heterocycles. The fourth-order valence-electron chi connectivity index (χ4n) is 2.49. The van der Waals surface area contributed by atoms with Crippen molar-refractivity contribution in [3.05, 3.63) is 0 Å². The Morgan fingerprint density at radius 1 is 0.950 bits per heavy atom. The van der Waals surface area contributed by atoms with Crippen LogP contribution in [0.15, 0.2) is 9.98 Å². The highest BCUT2D eigenvalue weighted by Gasteiger charge is 2.14. The molecule has 0 fully saturated rings. The first kappa shape index (κ1) is 18.8. The molecule has 4 nitrogen and oxygen atoms in total. The second-order valence-electron chi connectivity index (χ2n) is 5.35. The number of unbranched alkanes of at least 4 members (excludes halogenated alkanes) is 3. The number of isocyanates is 2. The van der Waals surface area contributed by atoms with E-state index in [9.17, 15) is 9.59 Å². The number of hydrogen-bond acceptors (Lipinski definition) is 4. The Morgan fingerprint density at radius 2 is 1.75 bits per heavy atom. The van der Waals surface area contributed by atoms with Crippen LogP contribution in [0.3, 0.4) is 0 Å². The van der Waals surface area contributed by atoms with E-state index in [0.717, 1.165) is 25.7 Å². The molecule has 0 spiro atoms. The molecule has 0 aliphatic heterocycles. The highest BCUT2D eigenvalue weighted by molar-refractivity contribution is 5.33. The molecule has 0 radical (unpaired) electrons.